The lowest BCUT2D eigenvalue weighted by Crippen LogP contribution is -2.18. The fourth-order valence-electron chi connectivity index (χ4n) is 1.96. The van der Waals surface area contributed by atoms with Crippen molar-refractivity contribution in [1.29, 1.82) is 0 Å². The third-order valence-corrected chi connectivity index (χ3v) is 2.97. The summed E-state index contributed by atoms with van der Waals surface area (Å²) in [5.74, 6) is -0.312. The van der Waals surface area contributed by atoms with Crippen LogP contribution in [-0.4, -0.2) is 23.8 Å². The van der Waals surface area contributed by atoms with E-state index in [2.05, 4.69) is 10.3 Å². The van der Waals surface area contributed by atoms with Crippen molar-refractivity contribution in [2.45, 2.75) is 27.7 Å². The number of pyridine rings is 1. The lowest BCUT2D eigenvalue weighted by Gasteiger charge is -2.11. The minimum absolute atomic E-state index is 0.103. The van der Waals surface area contributed by atoms with Gasteiger partial charge in [0, 0.05) is 18.2 Å². The van der Waals surface area contributed by atoms with Crippen molar-refractivity contribution >= 4 is 17.4 Å². The van der Waals surface area contributed by atoms with Gasteiger partial charge in [-0.15, -0.1) is 0 Å². The van der Waals surface area contributed by atoms with Crippen molar-refractivity contribution in [1.82, 2.24) is 4.98 Å². The molecule has 0 aliphatic heterocycles. The number of carbonyl (C=O) groups is 2. The molecule has 23 heavy (non-hydrogen) atoms. The number of hydrogen-bond acceptors (Lipinski definition) is 4. The molecule has 0 aliphatic rings. The van der Waals surface area contributed by atoms with Crippen molar-refractivity contribution in [2.75, 3.05) is 12.4 Å². The van der Waals surface area contributed by atoms with E-state index in [1.165, 1.54) is 14.0 Å². The Kier molecular flexibility index (Phi) is 6.93. The number of benzene rings is 1. The fraction of sp³-hybridized carbons (Fsp3) is 0.278. The van der Waals surface area contributed by atoms with Crippen LogP contribution < -0.4 is 10.1 Å². The zero-order valence-corrected chi connectivity index (χ0v) is 14.1. The largest absolute Gasteiger partial charge is 0.481 e. The number of rotatable bonds is 4. The SMILES string of the molecule is CC.COc1nc(C(C)=O)c(C(=O)Nc2ccccc2)cc1C. The molecule has 5 heteroatoms. The molecule has 0 saturated carbocycles. The summed E-state index contributed by atoms with van der Waals surface area (Å²) in [4.78, 5) is 28.2. The third-order valence-electron chi connectivity index (χ3n) is 2.97. The molecule has 5 nitrogen and oxygen atoms in total. The topological polar surface area (TPSA) is 68.3 Å². The summed E-state index contributed by atoms with van der Waals surface area (Å²) in [6.45, 7) is 7.14. The Morgan fingerprint density at radius 1 is 1.13 bits per heavy atom. The number of carbonyl (C=O) groups excluding carboxylic acids is 2. The molecule has 0 bridgehead atoms. The monoisotopic (exact) mass is 314 g/mol. The van der Waals surface area contributed by atoms with Crippen LogP contribution in [0.2, 0.25) is 0 Å². The first-order valence-electron chi connectivity index (χ1n) is 7.46. The number of para-hydroxylation sites is 1. The molecule has 0 saturated heterocycles. The lowest BCUT2D eigenvalue weighted by atomic mass is 10.1. The first kappa shape index (κ1) is 18.4. The van der Waals surface area contributed by atoms with Crippen LogP contribution in [-0.2, 0) is 0 Å². The van der Waals surface area contributed by atoms with Crippen LogP contribution >= 0.6 is 0 Å². The zero-order valence-electron chi connectivity index (χ0n) is 14.1. The van der Waals surface area contributed by atoms with Gasteiger partial charge in [0.05, 0.1) is 12.7 Å². The minimum atomic E-state index is -0.371. The summed E-state index contributed by atoms with van der Waals surface area (Å²) in [5.41, 5.74) is 1.70. The maximum absolute atomic E-state index is 12.3. The van der Waals surface area contributed by atoms with Crippen molar-refractivity contribution < 1.29 is 14.3 Å². The third kappa shape index (κ3) is 4.64. The quantitative estimate of drug-likeness (QED) is 0.870. The van der Waals surface area contributed by atoms with Crippen LogP contribution in [0.25, 0.3) is 0 Å². The zero-order chi connectivity index (χ0) is 17.4. The van der Waals surface area contributed by atoms with Crippen LogP contribution in [0.1, 0.15) is 47.2 Å². The Labute approximate surface area is 136 Å². The van der Waals surface area contributed by atoms with Crippen LogP contribution in [0.5, 0.6) is 5.88 Å². The predicted octanol–water partition coefficient (Wildman–Crippen LogP) is 3.88. The fourth-order valence-corrected chi connectivity index (χ4v) is 1.96. The molecule has 2 rings (SSSR count). The standard InChI is InChI=1S/C16H16N2O3.C2H6/c1-10-9-13(14(11(2)19)18-16(10)21-3)15(20)17-12-7-5-4-6-8-12;1-2/h4-9H,1-3H3,(H,17,20);1-2H3. The molecule has 2 aromatic rings. The number of ketones is 1. The Morgan fingerprint density at radius 3 is 2.26 bits per heavy atom. The van der Waals surface area contributed by atoms with E-state index in [0.717, 1.165) is 0 Å². The maximum atomic E-state index is 12.3. The van der Waals surface area contributed by atoms with Crippen molar-refractivity contribution in [2.24, 2.45) is 0 Å². The van der Waals surface area contributed by atoms with E-state index in [0.29, 0.717) is 17.1 Å². The molecular formula is C18H22N2O3. The van der Waals surface area contributed by atoms with Gasteiger partial charge in [0.1, 0.15) is 5.69 Å². The number of aromatic nitrogens is 1. The Bertz CT molecular complexity index is 682. The number of ether oxygens (including phenoxy) is 1. The Hall–Kier alpha value is -2.69. The van der Waals surface area contributed by atoms with Crippen LogP contribution in [0.15, 0.2) is 36.4 Å². The number of nitrogens with zero attached hydrogens (tertiary/aromatic N) is 1. The van der Waals surface area contributed by atoms with Gasteiger partial charge in [-0.2, -0.15) is 0 Å². The summed E-state index contributed by atoms with van der Waals surface area (Å²) in [7, 11) is 1.48. The number of aryl methyl sites for hydroxylation is 1. The van der Waals surface area contributed by atoms with Gasteiger partial charge in [-0.1, -0.05) is 32.0 Å². The second-order valence-corrected chi connectivity index (χ2v) is 4.59. The summed E-state index contributed by atoms with van der Waals surface area (Å²) in [6.07, 6.45) is 0. The van der Waals surface area contributed by atoms with Crippen molar-refractivity contribution in [3.63, 3.8) is 0 Å². The van der Waals surface area contributed by atoms with Gasteiger partial charge in [0.2, 0.25) is 5.88 Å². The summed E-state index contributed by atoms with van der Waals surface area (Å²) in [5, 5.41) is 2.75. The second-order valence-electron chi connectivity index (χ2n) is 4.59. The molecule has 1 heterocycles. The molecular weight excluding hydrogens is 292 g/mol. The average molecular weight is 314 g/mol. The van der Waals surface area contributed by atoms with E-state index in [1.54, 1.807) is 25.1 Å². The molecule has 0 fully saturated rings. The highest BCUT2D eigenvalue weighted by molar-refractivity contribution is 6.11. The van der Waals surface area contributed by atoms with Gasteiger partial charge < -0.3 is 10.1 Å². The summed E-state index contributed by atoms with van der Waals surface area (Å²) in [6, 6.07) is 10.7. The highest BCUT2D eigenvalue weighted by Gasteiger charge is 2.19. The highest BCUT2D eigenvalue weighted by atomic mass is 16.5. The summed E-state index contributed by atoms with van der Waals surface area (Å²) >= 11 is 0. The molecule has 122 valence electrons. The van der Waals surface area contributed by atoms with Gasteiger partial charge in [-0.25, -0.2) is 4.98 Å². The van der Waals surface area contributed by atoms with E-state index in [4.69, 9.17) is 4.74 Å². The van der Waals surface area contributed by atoms with E-state index in [-0.39, 0.29) is 22.9 Å². The van der Waals surface area contributed by atoms with Gasteiger partial charge in [-0.3, -0.25) is 9.59 Å². The van der Waals surface area contributed by atoms with Gasteiger partial charge in [0.15, 0.2) is 5.78 Å². The molecule has 1 aromatic heterocycles. The smallest absolute Gasteiger partial charge is 0.258 e. The van der Waals surface area contributed by atoms with Crippen molar-refractivity contribution in [3.05, 3.63) is 53.2 Å². The molecule has 1 amide bonds. The lowest BCUT2D eigenvalue weighted by molar-refractivity contribution is 0.0980. The summed E-state index contributed by atoms with van der Waals surface area (Å²) < 4.78 is 5.09. The van der Waals surface area contributed by atoms with E-state index >= 15 is 0 Å². The maximum Gasteiger partial charge on any atom is 0.258 e. The van der Waals surface area contributed by atoms with Gasteiger partial charge in [-0.05, 0) is 25.1 Å². The number of hydrogen-bond donors (Lipinski definition) is 1. The predicted molar refractivity (Wildman–Crippen MR) is 91.3 cm³/mol. The molecule has 0 radical (unpaired) electrons. The molecule has 0 aliphatic carbocycles. The first-order chi connectivity index (χ1) is 11.0. The molecule has 1 N–H and O–H groups in total. The van der Waals surface area contributed by atoms with E-state index < -0.39 is 0 Å². The molecule has 0 unspecified atom stereocenters. The van der Waals surface area contributed by atoms with Gasteiger partial charge >= 0.3 is 0 Å². The van der Waals surface area contributed by atoms with E-state index in [1.807, 2.05) is 32.0 Å². The van der Waals surface area contributed by atoms with Gasteiger partial charge in [0.25, 0.3) is 5.91 Å². The van der Waals surface area contributed by atoms with Crippen LogP contribution in [0, 0.1) is 6.92 Å². The number of nitrogens with one attached hydrogen (secondary N) is 1. The van der Waals surface area contributed by atoms with Crippen LogP contribution in [0.3, 0.4) is 0 Å². The number of methoxy groups -OCH3 is 1. The molecule has 0 atom stereocenters. The normalized spacial score (nSPS) is 9.43. The van der Waals surface area contributed by atoms with E-state index in [9.17, 15) is 9.59 Å². The highest BCUT2D eigenvalue weighted by Crippen LogP contribution is 2.20. The minimum Gasteiger partial charge on any atom is -0.481 e. The average Bonchev–Trinajstić information content (AvgIpc) is 2.57. The van der Waals surface area contributed by atoms with Crippen molar-refractivity contribution in [3.8, 4) is 5.88 Å². The van der Waals surface area contributed by atoms with Crippen LogP contribution in [0.4, 0.5) is 5.69 Å². The Morgan fingerprint density at radius 2 is 1.74 bits per heavy atom. The number of amides is 1. The molecule has 0 spiro atoms. The Balaban J connectivity index is 0.00000127. The first-order valence-corrected chi connectivity index (χ1v) is 7.46. The number of anilines is 1. The number of Topliss-reactive ketones (excluding diaryl/α,β-unsaturated/α-hetero) is 1. The molecule has 1 aromatic carbocycles. The second kappa shape index (κ2) is 8.68.